The van der Waals surface area contributed by atoms with Crippen molar-refractivity contribution in [1.29, 1.82) is 0 Å². The highest BCUT2D eigenvalue weighted by Gasteiger charge is 2.48. The summed E-state index contributed by atoms with van der Waals surface area (Å²) < 4.78 is 44.4. The van der Waals surface area contributed by atoms with Crippen molar-refractivity contribution in [3.63, 3.8) is 0 Å². The fourth-order valence-corrected chi connectivity index (χ4v) is 6.14. The summed E-state index contributed by atoms with van der Waals surface area (Å²) >= 11 is 5.97. The molecule has 0 saturated carbocycles. The lowest BCUT2D eigenvalue weighted by molar-refractivity contribution is -0.0536. The van der Waals surface area contributed by atoms with Gasteiger partial charge in [-0.05, 0) is 25.3 Å². The molecule has 3 aliphatic rings. The van der Waals surface area contributed by atoms with Gasteiger partial charge in [-0.15, -0.1) is 0 Å². The Balaban J connectivity index is 1.41. The first-order valence-electron chi connectivity index (χ1n) is 9.47. The Morgan fingerprint density at radius 3 is 2.64 bits per heavy atom. The molecule has 0 amide bonds. The van der Waals surface area contributed by atoms with Gasteiger partial charge in [0.05, 0.1) is 30.4 Å². The number of rotatable bonds is 5. The number of halogens is 1. The van der Waals surface area contributed by atoms with Crippen LogP contribution in [0.15, 0.2) is 17.2 Å². The Hall–Kier alpha value is -0.970. The maximum absolute atomic E-state index is 13.1. The summed E-state index contributed by atoms with van der Waals surface area (Å²) in [5.74, 6) is 0.0624. The molecule has 0 N–H and O–H groups in total. The van der Waals surface area contributed by atoms with Crippen molar-refractivity contribution in [3.8, 4) is 5.88 Å². The summed E-state index contributed by atoms with van der Waals surface area (Å²) in [5.41, 5.74) is -0.231. The maximum Gasteiger partial charge on any atom is 0.248 e. The zero-order valence-corrected chi connectivity index (χ0v) is 17.7. The Morgan fingerprint density at radius 2 is 2.00 bits per heavy atom. The highest BCUT2D eigenvalue weighted by atomic mass is 35.5. The third kappa shape index (κ3) is 3.64. The summed E-state index contributed by atoms with van der Waals surface area (Å²) in [6.45, 7) is 3.41. The van der Waals surface area contributed by atoms with Gasteiger partial charge in [0, 0.05) is 45.5 Å². The average molecular weight is 432 g/mol. The van der Waals surface area contributed by atoms with Crippen LogP contribution in [0.1, 0.15) is 19.3 Å². The van der Waals surface area contributed by atoms with Crippen LogP contribution in [0, 0.1) is 0 Å². The van der Waals surface area contributed by atoms with Gasteiger partial charge in [0.15, 0.2) is 0 Å². The number of piperidine rings is 1. The zero-order valence-electron chi connectivity index (χ0n) is 16.1. The second-order valence-electron chi connectivity index (χ2n) is 7.73. The Bertz CT molecular complexity index is 823. The Labute approximate surface area is 170 Å². The van der Waals surface area contributed by atoms with Crippen LogP contribution in [0.3, 0.4) is 0 Å². The SMILES string of the molecule is COc1ncc(Cl)cc1S(=O)(=O)N1CCC2(CC1)CC(N1CC(OC)C1)CO2. The first kappa shape index (κ1) is 20.3. The van der Waals surface area contributed by atoms with Gasteiger partial charge in [-0.1, -0.05) is 11.6 Å². The molecule has 3 aliphatic heterocycles. The van der Waals surface area contributed by atoms with E-state index in [0.29, 0.717) is 44.7 Å². The smallest absolute Gasteiger partial charge is 0.248 e. The van der Waals surface area contributed by atoms with Gasteiger partial charge in [0.1, 0.15) is 4.90 Å². The number of methoxy groups -OCH3 is 2. The number of aromatic nitrogens is 1. The van der Waals surface area contributed by atoms with Crippen LogP contribution < -0.4 is 4.74 Å². The third-order valence-electron chi connectivity index (χ3n) is 6.15. The van der Waals surface area contributed by atoms with E-state index < -0.39 is 10.0 Å². The summed E-state index contributed by atoms with van der Waals surface area (Å²) in [6, 6.07) is 1.79. The molecule has 3 saturated heterocycles. The molecule has 0 bridgehead atoms. The Kier molecular flexibility index (Phi) is 5.58. The van der Waals surface area contributed by atoms with Gasteiger partial charge < -0.3 is 14.2 Å². The van der Waals surface area contributed by atoms with Gasteiger partial charge in [0.2, 0.25) is 15.9 Å². The van der Waals surface area contributed by atoms with Gasteiger partial charge >= 0.3 is 0 Å². The molecule has 4 rings (SSSR count). The van der Waals surface area contributed by atoms with Crippen molar-refractivity contribution in [3.05, 3.63) is 17.3 Å². The number of sulfonamides is 1. The highest BCUT2D eigenvalue weighted by molar-refractivity contribution is 7.89. The average Bonchev–Trinajstić information content (AvgIpc) is 3.04. The van der Waals surface area contributed by atoms with Crippen LogP contribution in [-0.4, -0.2) is 87.4 Å². The van der Waals surface area contributed by atoms with Crippen LogP contribution in [0.25, 0.3) is 0 Å². The second kappa shape index (κ2) is 7.70. The van der Waals surface area contributed by atoms with E-state index >= 15 is 0 Å². The fourth-order valence-electron chi connectivity index (χ4n) is 4.34. The minimum Gasteiger partial charge on any atom is -0.480 e. The molecule has 1 aromatic heterocycles. The summed E-state index contributed by atoms with van der Waals surface area (Å²) in [6.07, 6.45) is 4.01. The summed E-state index contributed by atoms with van der Waals surface area (Å²) in [4.78, 5) is 6.39. The van der Waals surface area contributed by atoms with Crippen molar-refractivity contribution >= 4 is 21.6 Å². The zero-order chi connectivity index (χ0) is 19.9. The van der Waals surface area contributed by atoms with Crippen molar-refractivity contribution < 1.29 is 22.6 Å². The molecule has 0 aromatic carbocycles. The topological polar surface area (TPSA) is 81.2 Å². The van der Waals surface area contributed by atoms with Gasteiger partial charge in [-0.3, -0.25) is 4.90 Å². The van der Waals surface area contributed by atoms with Gasteiger partial charge in [-0.25, -0.2) is 13.4 Å². The van der Waals surface area contributed by atoms with E-state index in [1.165, 1.54) is 23.7 Å². The quantitative estimate of drug-likeness (QED) is 0.696. The molecule has 28 heavy (non-hydrogen) atoms. The lowest BCUT2D eigenvalue weighted by Gasteiger charge is -2.42. The predicted molar refractivity (Wildman–Crippen MR) is 103 cm³/mol. The number of likely N-dealkylation sites (tertiary alicyclic amines) is 1. The van der Waals surface area contributed by atoms with E-state index in [2.05, 4.69) is 9.88 Å². The fraction of sp³-hybridized carbons (Fsp3) is 0.722. The van der Waals surface area contributed by atoms with Gasteiger partial charge in [0.25, 0.3) is 0 Å². The molecule has 3 fully saturated rings. The summed E-state index contributed by atoms with van der Waals surface area (Å²) in [5, 5.41) is 0.263. The van der Waals surface area contributed by atoms with Crippen molar-refractivity contribution in [1.82, 2.24) is 14.2 Å². The molecular formula is C18H26ClN3O5S. The van der Waals surface area contributed by atoms with Gasteiger partial charge in [-0.2, -0.15) is 4.31 Å². The first-order chi connectivity index (χ1) is 13.4. The lowest BCUT2D eigenvalue weighted by atomic mass is 9.87. The largest absolute Gasteiger partial charge is 0.480 e. The number of hydrogen-bond donors (Lipinski definition) is 0. The van der Waals surface area contributed by atoms with Crippen molar-refractivity contribution in [2.24, 2.45) is 0 Å². The van der Waals surface area contributed by atoms with Crippen molar-refractivity contribution in [2.45, 2.75) is 41.9 Å². The monoisotopic (exact) mass is 431 g/mol. The molecule has 4 heterocycles. The first-order valence-corrected chi connectivity index (χ1v) is 11.3. The predicted octanol–water partition coefficient (Wildman–Crippen LogP) is 1.39. The van der Waals surface area contributed by atoms with E-state index in [1.54, 1.807) is 7.11 Å². The molecule has 0 aliphatic carbocycles. The molecule has 1 unspecified atom stereocenters. The van der Waals surface area contributed by atoms with E-state index in [4.69, 9.17) is 25.8 Å². The van der Waals surface area contributed by atoms with Crippen LogP contribution >= 0.6 is 11.6 Å². The minimum absolute atomic E-state index is 0.00912. The number of ether oxygens (including phenoxy) is 3. The molecule has 1 atom stereocenters. The molecule has 8 nitrogen and oxygen atoms in total. The molecule has 1 spiro atoms. The Morgan fingerprint density at radius 1 is 1.29 bits per heavy atom. The lowest BCUT2D eigenvalue weighted by Crippen LogP contribution is -2.56. The van der Waals surface area contributed by atoms with Crippen molar-refractivity contribution in [2.75, 3.05) is 47.0 Å². The van der Waals surface area contributed by atoms with Crippen LogP contribution in [0.2, 0.25) is 5.02 Å². The van der Waals surface area contributed by atoms with E-state index in [1.807, 2.05) is 0 Å². The summed E-state index contributed by atoms with van der Waals surface area (Å²) in [7, 11) is -0.584. The molecule has 1 aromatic rings. The molecule has 156 valence electrons. The van der Waals surface area contributed by atoms with E-state index in [-0.39, 0.29) is 21.4 Å². The number of hydrogen-bond acceptors (Lipinski definition) is 7. The molecule has 10 heteroatoms. The van der Waals surface area contributed by atoms with Crippen LogP contribution in [-0.2, 0) is 19.5 Å². The van der Waals surface area contributed by atoms with E-state index in [0.717, 1.165) is 19.5 Å². The minimum atomic E-state index is -3.73. The van der Waals surface area contributed by atoms with E-state index in [9.17, 15) is 8.42 Å². The number of nitrogens with zero attached hydrogens (tertiary/aromatic N) is 3. The highest BCUT2D eigenvalue weighted by Crippen LogP contribution is 2.40. The maximum atomic E-state index is 13.1. The molecule has 0 radical (unpaired) electrons. The standard InChI is InChI=1S/C18H26ClN3O5S/c1-25-15-10-21(11-15)14-8-18(27-12-14)3-5-22(6-4-18)28(23,24)16-7-13(19)9-20-17(16)26-2/h7,9,14-15H,3-6,8,10-12H2,1-2H3. The molecular weight excluding hydrogens is 406 g/mol. The third-order valence-corrected chi connectivity index (χ3v) is 8.25. The van der Waals surface area contributed by atoms with Crippen LogP contribution in [0.5, 0.6) is 5.88 Å². The van der Waals surface area contributed by atoms with Crippen LogP contribution in [0.4, 0.5) is 0 Å². The second-order valence-corrected chi connectivity index (χ2v) is 10.1. The normalized spacial score (nSPS) is 26.5. The number of pyridine rings is 1.